The number of nitrogens with one attached hydrogen (secondary N) is 2. The smallest absolute Gasteiger partial charge is 0.315 e. The molecule has 6 nitrogen and oxygen atoms in total. The highest BCUT2D eigenvalue weighted by Crippen LogP contribution is 2.34. The van der Waals surface area contributed by atoms with Crippen molar-refractivity contribution in [3.8, 4) is 0 Å². The summed E-state index contributed by atoms with van der Waals surface area (Å²) in [7, 11) is 1.80. The number of aliphatic hydroxyl groups is 1. The molecular formula is C19H26N4O2. The Morgan fingerprint density at radius 1 is 1.40 bits per heavy atom. The summed E-state index contributed by atoms with van der Waals surface area (Å²) < 4.78 is 1.63. The van der Waals surface area contributed by atoms with Crippen molar-refractivity contribution in [2.24, 2.45) is 13.0 Å². The van der Waals surface area contributed by atoms with Crippen molar-refractivity contribution in [2.75, 3.05) is 6.54 Å². The zero-order valence-corrected chi connectivity index (χ0v) is 14.8. The topological polar surface area (TPSA) is 79.2 Å². The van der Waals surface area contributed by atoms with Gasteiger partial charge in [0.1, 0.15) is 5.60 Å². The van der Waals surface area contributed by atoms with Crippen LogP contribution in [0.3, 0.4) is 0 Å². The molecule has 1 aliphatic rings. The molecule has 1 aromatic heterocycles. The van der Waals surface area contributed by atoms with E-state index in [1.165, 1.54) is 5.56 Å². The third kappa shape index (κ3) is 4.82. The number of hydrogen-bond acceptors (Lipinski definition) is 3. The second kappa shape index (κ2) is 7.27. The van der Waals surface area contributed by atoms with E-state index in [0.717, 1.165) is 19.3 Å². The fourth-order valence-corrected chi connectivity index (χ4v) is 2.98. The second-order valence-corrected chi connectivity index (χ2v) is 7.14. The molecule has 1 aliphatic carbocycles. The molecule has 0 unspecified atom stereocenters. The molecule has 0 bridgehead atoms. The van der Waals surface area contributed by atoms with Gasteiger partial charge < -0.3 is 15.7 Å². The van der Waals surface area contributed by atoms with Crippen LogP contribution in [0.1, 0.15) is 30.9 Å². The number of rotatable bonds is 7. The van der Waals surface area contributed by atoms with Crippen LogP contribution in [-0.2, 0) is 19.1 Å². The van der Waals surface area contributed by atoms with Crippen molar-refractivity contribution in [1.82, 2.24) is 20.4 Å². The first-order chi connectivity index (χ1) is 11.9. The molecule has 0 aliphatic heterocycles. The fourth-order valence-electron chi connectivity index (χ4n) is 2.98. The van der Waals surface area contributed by atoms with Crippen LogP contribution in [0.25, 0.3) is 0 Å². The molecule has 2 amide bonds. The average Bonchev–Trinajstić information content (AvgIpc) is 3.34. The van der Waals surface area contributed by atoms with Crippen molar-refractivity contribution in [2.45, 2.75) is 37.8 Å². The molecule has 3 rings (SSSR count). The Kier molecular flexibility index (Phi) is 5.08. The van der Waals surface area contributed by atoms with Gasteiger partial charge in [0, 0.05) is 24.8 Å². The number of amides is 2. The van der Waals surface area contributed by atoms with E-state index in [1.54, 1.807) is 31.0 Å². The highest BCUT2D eigenvalue weighted by atomic mass is 16.3. The summed E-state index contributed by atoms with van der Waals surface area (Å²) in [5.41, 5.74) is 0.750. The number of aryl methyl sites for hydroxylation is 1. The fraction of sp³-hybridized carbons (Fsp3) is 0.474. The number of carbonyl (C=O) groups excluding carboxylic acids is 1. The van der Waals surface area contributed by atoms with E-state index in [9.17, 15) is 9.90 Å². The Balaban J connectivity index is 1.53. The van der Waals surface area contributed by atoms with Crippen LogP contribution in [0, 0.1) is 5.92 Å². The van der Waals surface area contributed by atoms with E-state index < -0.39 is 5.60 Å². The Hall–Kier alpha value is -2.34. The molecule has 1 fully saturated rings. The number of benzene rings is 1. The number of nitrogens with zero attached hydrogens (tertiary/aromatic N) is 2. The molecule has 1 aromatic carbocycles. The van der Waals surface area contributed by atoms with Gasteiger partial charge in [0.15, 0.2) is 0 Å². The summed E-state index contributed by atoms with van der Waals surface area (Å²) in [5, 5.41) is 20.5. The molecule has 1 saturated carbocycles. The van der Waals surface area contributed by atoms with Gasteiger partial charge in [-0.2, -0.15) is 5.10 Å². The lowest BCUT2D eigenvalue weighted by atomic mass is 10.00. The Bertz CT molecular complexity index is 707. The molecule has 25 heavy (non-hydrogen) atoms. The minimum absolute atomic E-state index is 0.130. The first kappa shape index (κ1) is 17.5. The van der Waals surface area contributed by atoms with Crippen LogP contribution < -0.4 is 10.6 Å². The van der Waals surface area contributed by atoms with Gasteiger partial charge in [-0.05, 0) is 37.7 Å². The van der Waals surface area contributed by atoms with Crippen molar-refractivity contribution in [3.05, 3.63) is 53.9 Å². The maximum absolute atomic E-state index is 12.3. The van der Waals surface area contributed by atoms with Crippen molar-refractivity contribution in [1.29, 1.82) is 0 Å². The van der Waals surface area contributed by atoms with E-state index in [0.29, 0.717) is 11.5 Å². The van der Waals surface area contributed by atoms with Crippen molar-refractivity contribution < 1.29 is 9.90 Å². The van der Waals surface area contributed by atoms with Gasteiger partial charge in [-0.1, -0.05) is 30.3 Å². The summed E-state index contributed by atoms with van der Waals surface area (Å²) in [6.45, 7) is 1.81. The standard InChI is InChI=1S/C19H26N4O2/c1-19(25,16-11-21-23(2)12-16)13-20-18(24)22-17(15-8-9-15)10-14-6-4-3-5-7-14/h3-7,11-12,15,17,25H,8-10,13H2,1-2H3,(H2,20,22,24)/t17-,19-/m1/s1. The van der Waals surface area contributed by atoms with Crippen molar-refractivity contribution in [3.63, 3.8) is 0 Å². The monoisotopic (exact) mass is 342 g/mol. The Morgan fingerprint density at radius 3 is 2.72 bits per heavy atom. The third-order valence-electron chi connectivity index (χ3n) is 4.73. The number of carbonyl (C=O) groups is 1. The van der Waals surface area contributed by atoms with E-state index in [4.69, 9.17) is 0 Å². The van der Waals surface area contributed by atoms with Crippen LogP contribution in [0.15, 0.2) is 42.7 Å². The molecule has 1 heterocycles. The maximum Gasteiger partial charge on any atom is 0.315 e. The maximum atomic E-state index is 12.3. The highest BCUT2D eigenvalue weighted by Gasteiger charge is 2.33. The normalized spacial score (nSPS) is 17.6. The number of aromatic nitrogens is 2. The lowest BCUT2D eigenvalue weighted by Crippen LogP contribution is -2.48. The van der Waals surface area contributed by atoms with Gasteiger partial charge in [-0.25, -0.2) is 4.79 Å². The largest absolute Gasteiger partial charge is 0.383 e. The minimum Gasteiger partial charge on any atom is -0.383 e. The predicted octanol–water partition coefficient (Wildman–Crippen LogP) is 1.95. The van der Waals surface area contributed by atoms with Gasteiger partial charge in [0.25, 0.3) is 0 Å². The van der Waals surface area contributed by atoms with Crippen LogP contribution in [0.2, 0.25) is 0 Å². The average molecular weight is 342 g/mol. The minimum atomic E-state index is -1.15. The van der Waals surface area contributed by atoms with Crippen LogP contribution in [0.5, 0.6) is 0 Å². The van der Waals surface area contributed by atoms with Gasteiger partial charge in [-0.3, -0.25) is 4.68 Å². The third-order valence-corrected chi connectivity index (χ3v) is 4.73. The summed E-state index contributed by atoms with van der Waals surface area (Å²) in [5.74, 6) is 0.546. The van der Waals surface area contributed by atoms with Crippen LogP contribution in [-0.4, -0.2) is 33.5 Å². The Morgan fingerprint density at radius 2 is 2.12 bits per heavy atom. The highest BCUT2D eigenvalue weighted by molar-refractivity contribution is 5.74. The SMILES string of the molecule is Cn1cc([C@](C)(O)CNC(=O)N[C@H](Cc2ccccc2)C2CC2)cn1. The molecule has 134 valence electrons. The first-order valence-corrected chi connectivity index (χ1v) is 8.74. The molecule has 3 N–H and O–H groups in total. The number of urea groups is 1. The lowest BCUT2D eigenvalue weighted by molar-refractivity contribution is 0.0591. The molecular weight excluding hydrogens is 316 g/mol. The van der Waals surface area contributed by atoms with Gasteiger partial charge >= 0.3 is 6.03 Å². The second-order valence-electron chi connectivity index (χ2n) is 7.14. The zero-order valence-electron chi connectivity index (χ0n) is 14.8. The molecule has 2 aromatic rings. The summed E-state index contributed by atoms with van der Waals surface area (Å²) in [6.07, 6.45) is 6.51. The quantitative estimate of drug-likeness (QED) is 0.719. The lowest BCUT2D eigenvalue weighted by Gasteiger charge is -2.24. The number of hydrogen-bond donors (Lipinski definition) is 3. The molecule has 0 saturated heterocycles. The summed E-state index contributed by atoms with van der Waals surface area (Å²) in [6, 6.07) is 10.1. The summed E-state index contributed by atoms with van der Waals surface area (Å²) in [4.78, 5) is 12.3. The van der Waals surface area contributed by atoms with Gasteiger partial charge in [0.05, 0.1) is 12.7 Å². The predicted molar refractivity (Wildman–Crippen MR) is 96.0 cm³/mol. The van der Waals surface area contributed by atoms with Crippen LogP contribution >= 0.6 is 0 Å². The molecule has 2 atom stereocenters. The zero-order chi connectivity index (χ0) is 17.9. The molecule has 6 heteroatoms. The van der Waals surface area contributed by atoms with E-state index in [2.05, 4.69) is 27.9 Å². The van der Waals surface area contributed by atoms with E-state index in [1.807, 2.05) is 18.2 Å². The van der Waals surface area contributed by atoms with Gasteiger partial charge in [0.2, 0.25) is 0 Å². The van der Waals surface area contributed by atoms with Gasteiger partial charge in [-0.15, -0.1) is 0 Å². The summed E-state index contributed by atoms with van der Waals surface area (Å²) >= 11 is 0. The van der Waals surface area contributed by atoms with Crippen LogP contribution in [0.4, 0.5) is 4.79 Å². The van der Waals surface area contributed by atoms with E-state index >= 15 is 0 Å². The van der Waals surface area contributed by atoms with E-state index in [-0.39, 0.29) is 18.6 Å². The van der Waals surface area contributed by atoms with Crippen molar-refractivity contribution >= 4 is 6.03 Å². The first-order valence-electron chi connectivity index (χ1n) is 8.74. The molecule has 0 radical (unpaired) electrons. The molecule has 0 spiro atoms. The Labute approximate surface area is 148 Å².